The highest BCUT2D eigenvalue weighted by Gasteiger charge is 2.31. The van der Waals surface area contributed by atoms with Gasteiger partial charge in [-0.3, -0.25) is 9.59 Å². The number of allylic oxidation sites excluding steroid dienone is 2. The minimum absolute atomic E-state index is 0.0128. The average Bonchev–Trinajstić information content (AvgIpc) is 3.43. The van der Waals surface area contributed by atoms with Crippen LogP contribution in [0.25, 0.3) is 0 Å². The van der Waals surface area contributed by atoms with Crippen LogP contribution in [0.2, 0.25) is 5.02 Å². The van der Waals surface area contributed by atoms with Crippen molar-refractivity contribution in [3.63, 3.8) is 0 Å². The van der Waals surface area contributed by atoms with Crippen LogP contribution in [0.3, 0.4) is 0 Å². The molecule has 31 heavy (non-hydrogen) atoms. The van der Waals surface area contributed by atoms with Crippen molar-refractivity contribution in [1.82, 2.24) is 20.2 Å². The highest BCUT2D eigenvalue weighted by Crippen LogP contribution is 2.39. The number of aromatic nitrogens is 4. The predicted molar refractivity (Wildman–Crippen MR) is 116 cm³/mol. The fourth-order valence-corrected chi connectivity index (χ4v) is 6.21. The lowest BCUT2D eigenvalue weighted by Gasteiger charge is -2.17. The molecule has 2 aromatic rings. The molecule has 0 atom stereocenters. The van der Waals surface area contributed by atoms with E-state index < -0.39 is 15.6 Å². The summed E-state index contributed by atoms with van der Waals surface area (Å²) in [4.78, 5) is 25.4. The normalized spacial score (nSPS) is 17.3. The van der Waals surface area contributed by atoms with E-state index in [-0.39, 0.29) is 55.6 Å². The minimum atomic E-state index is -3.62. The Morgan fingerprint density at radius 3 is 2.65 bits per heavy atom. The molecule has 1 aromatic heterocycles. The summed E-state index contributed by atoms with van der Waals surface area (Å²) in [6.07, 6.45) is 4.33. The van der Waals surface area contributed by atoms with Gasteiger partial charge in [-0.05, 0) is 48.2 Å². The standard InChI is InChI=1S/C19H18Cl2N4O4S2/c1-31(28,29)15-8-7-11(18(27)16-13(20)3-2-4-14(16)26)17(21)12(15)9-30-19-22-23-24-25(19)10-5-6-10/h7-8,10H,2-6,9H2,1H3. The fraction of sp³-hybridized carbons (Fsp3) is 0.421. The Morgan fingerprint density at radius 1 is 1.26 bits per heavy atom. The molecule has 1 saturated carbocycles. The minimum Gasteiger partial charge on any atom is -0.294 e. The molecule has 0 radical (unpaired) electrons. The summed E-state index contributed by atoms with van der Waals surface area (Å²) in [5, 5.41) is 12.4. The second-order valence-corrected chi connectivity index (χ2v) is 11.2. The topological polar surface area (TPSA) is 112 Å². The molecule has 8 nitrogen and oxygen atoms in total. The number of nitrogens with zero attached hydrogens (tertiary/aromatic N) is 4. The number of Topliss-reactive ketones (excluding diaryl/α,β-unsaturated/α-hetero) is 2. The van der Waals surface area contributed by atoms with E-state index in [1.165, 1.54) is 23.9 Å². The molecular formula is C19H18Cl2N4O4S2. The molecule has 0 N–H and O–H groups in total. The van der Waals surface area contributed by atoms with Crippen molar-refractivity contribution in [2.75, 3.05) is 6.26 Å². The molecule has 0 amide bonds. The number of sulfone groups is 1. The first-order valence-corrected chi connectivity index (χ1v) is 13.2. The zero-order chi connectivity index (χ0) is 22.3. The maximum Gasteiger partial charge on any atom is 0.209 e. The van der Waals surface area contributed by atoms with Gasteiger partial charge < -0.3 is 0 Å². The highest BCUT2D eigenvalue weighted by molar-refractivity contribution is 7.98. The lowest BCUT2D eigenvalue weighted by atomic mass is 9.91. The second-order valence-electron chi connectivity index (χ2n) is 7.49. The molecule has 0 saturated heterocycles. The molecule has 2 aliphatic rings. The Balaban J connectivity index is 1.73. The Morgan fingerprint density at radius 2 is 2.00 bits per heavy atom. The number of rotatable bonds is 7. The Kier molecular flexibility index (Phi) is 6.26. The Bertz CT molecular complexity index is 1220. The summed E-state index contributed by atoms with van der Waals surface area (Å²) < 4.78 is 26.4. The molecule has 1 heterocycles. The van der Waals surface area contributed by atoms with Gasteiger partial charge in [0.15, 0.2) is 21.4 Å². The van der Waals surface area contributed by atoms with Crippen LogP contribution in [-0.4, -0.2) is 46.4 Å². The van der Waals surface area contributed by atoms with E-state index >= 15 is 0 Å². The van der Waals surface area contributed by atoms with Gasteiger partial charge in [0.05, 0.1) is 21.5 Å². The predicted octanol–water partition coefficient (Wildman–Crippen LogP) is 3.79. The molecule has 164 valence electrons. The van der Waals surface area contributed by atoms with Crippen molar-refractivity contribution in [2.45, 2.75) is 54.0 Å². The number of hydrogen-bond donors (Lipinski definition) is 0. The molecule has 1 aromatic carbocycles. The molecular weight excluding hydrogens is 483 g/mol. The average molecular weight is 501 g/mol. The fourth-order valence-electron chi connectivity index (χ4n) is 3.42. The SMILES string of the molecule is CS(=O)(=O)c1ccc(C(=O)C2=C(Cl)CCCC2=O)c(Cl)c1CSc1nnnn1C1CC1. The van der Waals surface area contributed by atoms with Gasteiger partial charge in [0.2, 0.25) is 5.16 Å². The monoisotopic (exact) mass is 500 g/mol. The van der Waals surface area contributed by atoms with Gasteiger partial charge in [0, 0.05) is 34.6 Å². The number of hydrogen-bond acceptors (Lipinski definition) is 8. The highest BCUT2D eigenvalue weighted by atomic mass is 35.5. The first-order valence-electron chi connectivity index (χ1n) is 9.57. The molecule has 2 aliphatic carbocycles. The van der Waals surface area contributed by atoms with Crippen molar-refractivity contribution < 1.29 is 18.0 Å². The molecule has 0 spiro atoms. The van der Waals surface area contributed by atoms with Crippen LogP contribution in [-0.2, 0) is 20.4 Å². The van der Waals surface area contributed by atoms with E-state index in [1.54, 1.807) is 4.68 Å². The smallest absolute Gasteiger partial charge is 0.209 e. The van der Waals surface area contributed by atoms with Crippen molar-refractivity contribution in [3.05, 3.63) is 38.9 Å². The number of benzene rings is 1. The van der Waals surface area contributed by atoms with E-state index in [4.69, 9.17) is 23.2 Å². The third-order valence-corrected chi connectivity index (χ3v) is 8.07. The molecule has 0 bridgehead atoms. The van der Waals surface area contributed by atoms with Crippen LogP contribution in [0.15, 0.2) is 32.8 Å². The summed E-state index contributed by atoms with van der Waals surface area (Å²) in [5.74, 6) is -0.784. The Hall–Kier alpha value is -1.75. The van der Waals surface area contributed by atoms with Gasteiger partial charge in [-0.25, -0.2) is 13.1 Å². The molecule has 0 aliphatic heterocycles. The van der Waals surface area contributed by atoms with E-state index in [0.717, 1.165) is 19.1 Å². The van der Waals surface area contributed by atoms with Gasteiger partial charge in [-0.2, -0.15) is 0 Å². The molecule has 1 fully saturated rings. The van der Waals surface area contributed by atoms with Crippen LogP contribution in [0, 0.1) is 0 Å². The first kappa shape index (κ1) is 22.4. The van der Waals surface area contributed by atoms with E-state index in [0.29, 0.717) is 18.0 Å². The van der Waals surface area contributed by atoms with Crippen LogP contribution >= 0.6 is 35.0 Å². The van der Waals surface area contributed by atoms with Crippen LogP contribution < -0.4 is 0 Å². The summed E-state index contributed by atoms with van der Waals surface area (Å²) >= 11 is 14.0. The molecule has 4 rings (SSSR count). The van der Waals surface area contributed by atoms with Crippen molar-refractivity contribution >= 4 is 56.4 Å². The lowest BCUT2D eigenvalue weighted by molar-refractivity contribution is -0.115. The quantitative estimate of drug-likeness (QED) is 0.320. The van der Waals surface area contributed by atoms with Gasteiger partial charge in [0.25, 0.3) is 0 Å². The van der Waals surface area contributed by atoms with Gasteiger partial charge in [0.1, 0.15) is 0 Å². The maximum absolute atomic E-state index is 13.1. The van der Waals surface area contributed by atoms with Crippen LogP contribution in [0.5, 0.6) is 0 Å². The van der Waals surface area contributed by atoms with E-state index in [1.807, 2.05) is 0 Å². The summed E-state index contributed by atoms with van der Waals surface area (Å²) in [6.45, 7) is 0. The van der Waals surface area contributed by atoms with Crippen LogP contribution in [0.4, 0.5) is 0 Å². The van der Waals surface area contributed by atoms with E-state index in [9.17, 15) is 18.0 Å². The van der Waals surface area contributed by atoms with Crippen molar-refractivity contribution in [1.29, 1.82) is 0 Å². The van der Waals surface area contributed by atoms with Gasteiger partial charge in [-0.1, -0.05) is 35.0 Å². The third-order valence-electron chi connectivity index (χ3n) is 5.12. The van der Waals surface area contributed by atoms with Gasteiger partial charge in [-0.15, -0.1) is 5.10 Å². The summed E-state index contributed by atoms with van der Waals surface area (Å²) in [7, 11) is -3.62. The number of thioether (sulfide) groups is 1. The third kappa shape index (κ3) is 4.57. The largest absolute Gasteiger partial charge is 0.294 e. The maximum atomic E-state index is 13.1. The molecule has 12 heteroatoms. The summed E-state index contributed by atoms with van der Waals surface area (Å²) in [5.41, 5.74) is 0.249. The number of carbonyl (C=O) groups is 2. The number of carbonyl (C=O) groups excluding carboxylic acids is 2. The lowest BCUT2D eigenvalue weighted by Crippen LogP contribution is -2.19. The van der Waals surface area contributed by atoms with Crippen molar-refractivity contribution in [2.24, 2.45) is 0 Å². The second kappa shape index (κ2) is 8.65. The zero-order valence-electron chi connectivity index (χ0n) is 16.5. The number of tetrazole rings is 1. The number of ketones is 2. The van der Waals surface area contributed by atoms with E-state index in [2.05, 4.69) is 15.5 Å². The Labute approximate surface area is 193 Å². The van der Waals surface area contributed by atoms with Crippen molar-refractivity contribution in [3.8, 4) is 0 Å². The molecule has 0 unspecified atom stereocenters. The number of halogens is 2. The zero-order valence-corrected chi connectivity index (χ0v) is 19.6. The first-order chi connectivity index (χ1) is 14.7. The van der Waals surface area contributed by atoms with Crippen LogP contribution in [0.1, 0.15) is 54.1 Å². The van der Waals surface area contributed by atoms with Gasteiger partial charge >= 0.3 is 0 Å². The summed E-state index contributed by atoms with van der Waals surface area (Å²) in [6, 6.07) is 2.93.